The lowest BCUT2D eigenvalue weighted by atomic mass is 9.91. The monoisotopic (exact) mass is 508 g/mol. The van der Waals surface area contributed by atoms with Crippen LogP contribution in [-0.4, -0.2) is 41.2 Å². The number of rotatable bonds is 12. The lowest BCUT2D eigenvalue weighted by Gasteiger charge is -2.48. The first kappa shape index (κ1) is 26.6. The van der Waals surface area contributed by atoms with E-state index in [1.54, 1.807) is 6.08 Å². The fourth-order valence-electron chi connectivity index (χ4n) is 4.32. The third-order valence-corrected chi connectivity index (χ3v) is 6.68. The van der Waals surface area contributed by atoms with Gasteiger partial charge in [-0.05, 0) is 16.7 Å². The zero-order valence-electron chi connectivity index (χ0n) is 20.2. The molecule has 1 saturated heterocycles. The van der Waals surface area contributed by atoms with Gasteiger partial charge in [0.1, 0.15) is 18.3 Å². The highest BCUT2D eigenvalue weighted by Gasteiger charge is 2.54. The minimum Gasteiger partial charge on any atom is -0.374 e. The van der Waals surface area contributed by atoms with Crippen molar-refractivity contribution in [2.75, 3.05) is 6.61 Å². The predicted octanol–water partition coefficient (Wildman–Crippen LogP) is 5.64. The highest BCUT2D eigenvalue weighted by Crippen LogP contribution is 2.38. The molecule has 1 heterocycles. The van der Waals surface area contributed by atoms with Crippen LogP contribution in [0.1, 0.15) is 23.1 Å². The number of halogens is 1. The van der Waals surface area contributed by atoms with Gasteiger partial charge in [-0.15, -0.1) is 18.2 Å². The fourth-order valence-corrected chi connectivity index (χ4v) is 4.65. The van der Waals surface area contributed by atoms with Gasteiger partial charge >= 0.3 is 0 Å². The molecule has 5 atom stereocenters. The van der Waals surface area contributed by atoms with Crippen molar-refractivity contribution in [3.63, 3.8) is 0 Å². The summed E-state index contributed by atoms with van der Waals surface area (Å²) in [4.78, 5) is 0. The lowest BCUT2D eigenvalue weighted by Crippen LogP contribution is -2.65. The summed E-state index contributed by atoms with van der Waals surface area (Å²) in [5.74, 6) is -1.68. The molecule has 0 aromatic heterocycles. The molecule has 5 nitrogen and oxygen atoms in total. The second kappa shape index (κ2) is 13.2. The molecule has 6 heteroatoms. The van der Waals surface area contributed by atoms with E-state index >= 15 is 0 Å². The third kappa shape index (κ3) is 7.04. The van der Waals surface area contributed by atoms with Crippen molar-refractivity contribution in [2.24, 2.45) is 0 Å². The average Bonchev–Trinajstić information content (AvgIpc) is 2.91. The summed E-state index contributed by atoms with van der Waals surface area (Å²) in [6.45, 7) is 5.02. The SMILES string of the molecule is C=CCC1(O)O[C@H](COCc2ccccc2)[C@H](Cl)[C@H](OCc2ccccc2)[C@H]1OCc1ccccc1. The molecule has 1 aliphatic heterocycles. The standard InChI is InChI=1S/C30H33ClO5/c1-2-18-30(32)29(35-21-25-16-10-5-11-17-25)28(34-20-24-14-8-4-9-15-24)27(31)26(36-30)22-33-19-23-12-6-3-7-13-23/h2-17,26-29,32H,1,18-22H2/t26-,27+,28+,29-,30?/m1/s1. The summed E-state index contributed by atoms with van der Waals surface area (Å²) in [7, 11) is 0. The van der Waals surface area contributed by atoms with Gasteiger partial charge in [-0.2, -0.15) is 0 Å². The third-order valence-electron chi connectivity index (χ3n) is 6.16. The average molecular weight is 509 g/mol. The van der Waals surface area contributed by atoms with Crippen LogP contribution in [-0.2, 0) is 38.8 Å². The molecule has 3 aromatic rings. The highest BCUT2D eigenvalue weighted by molar-refractivity contribution is 6.21. The molecule has 0 radical (unpaired) electrons. The van der Waals surface area contributed by atoms with Crippen molar-refractivity contribution in [3.05, 3.63) is 120 Å². The summed E-state index contributed by atoms with van der Waals surface area (Å²) >= 11 is 6.95. The van der Waals surface area contributed by atoms with Crippen LogP contribution >= 0.6 is 11.6 Å². The van der Waals surface area contributed by atoms with Crippen molar-refractivity contribution in [2.45, 2.75) is 55.7 Å². The lowest BCUT2D eigenvalue weighted by molar-refractivity contribution is -0.339. The van der Waals surface area contributed by atoms with Gasteiger partial charge < -0.3 is 24.1 Å². The Labute approximate surface area is 218 Å². The molecule has 1 unspecified atom stereocenters. The van der Waals surface area contributed by atoms with Gasteiger partial charge in [0.05, 0.1) is 31.8 Å². The molecule has 0 bridgehead atoms. The van der Waals surface area contributed by atoms with E-state index in [2.05, 4.69) is 6.58 Å². The number of ether oxygens (including phenoxy) is 4. The normalized spacial score (nSPS) is 25.9. The van der Waals surface area contributed by atoms with E-state index in [1.165, 1.54) is 0 Å². The van der Waals surface area contributed by atoms with E-state index in [-0.39, 0.29) is 19.6 Å². The number of aliphatic hydroxyl groups is 1. The van der Waals surface area contributed by atoms with E-state index in [0.29, 0.717) is 13.2 Å². The molecule has 0 amide bonds. The Morgan fingerprint density at radius 1 is 0.806 bits per heavy atom. The summed E-state index contributed by atoms with van der Waals surface area (Å²) in [5.41, 5.74) is 3.01. The number of alkyl halides is 1. The van der Waals surface area contributed by atoms with Crippen LogP contribution in [0.15, 0.2) is 104 Å². The Balaban J connectivity index is 1.52. The first-order chi connectivity index (χ1) is 17.6. The van der Waals surface area contributed by atoms with Crippen LogP contribution < -0.4 is 0 Å². The van der Waals surface area contributed by atoms with Gasteiger partial charge in [0.15, 0.2) is 5.79 Å². The number of hydrogen-bond donors (Lipinski definition) is 1. The maximum absolute atomic E-state index is 11.7. The van der Waals surface area contributed by atoms with Crippen LogP contribution in [0.5, 0.6) is 0 Å². The minimum atomic E-state index is -1.68. The van der Waals surface area contributed by atoms with Crippen LogP contribution in [0.4, 0.5) is 0 Å². The molecule has 0 saturated carbocycles. The van der Waals surface area contributed by atoms with Crippen molar-refractivity contribution < 1.29 is 24.1 Å². The molecular weight excluding hydrogens is 476 g/mol. The molecular formula is C30H33ClO5. The molecule has 1 N–H and O–H groups in total. The first-order valence-electron chi connectivity index (χ1n) is 12.2. The molecule has 0 aliphatic carbocycles. The fraction of sp³-hybridized carbons (Fsp3) is 0.333. The Morgan fingerprint density at radius 2 is 1.31 bits per heavy atom. The summed E-state index contributed by atoms with van der Waals surface area (Å²) in [6, 6.07) is 29.5. The quantitative estimate of drug-likeness (QED) is 0.253. The molecule has 1 aliphatic rings. The molecule has 36 heavy (non-hydrogen) atoms. The van der Waals surface area contributed by atoms with E-state index in [4.69, 9.17) is 30.5 Å². The van der Waals surface area contributed by atoms with Crippen LogP contribution in [0.3, 0.4) is 0 Å². The van der Waals surface area contributed by atoms with Gasteiger partial charge in [-0.1, -0.05) is 97.1 Å². The van der Waals surface area contributed by atoms with Crippen LogP contribution in [0, 0.1) is 0 Å². The van der Waals surface area contributed by atoms with Crippen LogP contribution in [0.2, 0.25) is 0 Å². The van der Waals surface area contributed by atoms with Crippen LogP contribution in [0.25, 0.3) is 0 Å². The second-order valence-electron chi connectivity index (χ2n) is 8.92. The highest BCUT2D eigenvalue weighted by atomic mass is 35.5. The summed E-state index contributed by atoms with van der Waals surface area (Å²) in [5, 5.41) is 11.1. The molecule has 1 fully saturated rings. The van der Waals surface area contributed by atoms with Gasteiger partial charge in [-0.3, -0.25) is 0 Å². The summed E-state index contributed by atoms with van der Waals surface area (Å²) in [6.07, 6.45) is -0.343. The van der Waals surface area contributed by atoms with E-state index in [1.807, 2.05) is 91.0 Å². The smallest absolute Gasteiger partial charge is 0.198 e. The molecule has 4 rings (SSSR count). The minimum absolute atomic E-state index is 0.149. The molecule has 190 valence electrons. The van der Waals surface area contributed by atoms with E-state index < -0.39 is 29.5 Å². The van der Waals surface area contributed by atoms with Gasteiger partial charge in [-0.25, -0.2) is 0 Å². The van der Waals surface area contributed by atoms with Crippen molar-refractivity contribution in [1.82, 2.24) is 0 Å². The Bertz CT molecular complexity index is 1050. The second-order valence-corrected chi connectivity index (χ2v) is 9.42. The zero-order valence-corrected chi connectivity index (χ0v) is 21.0. The van der Waals surface area contributed by atoms with Crippen molar-refractivity contribution in [1.29, 1.82) is 0 Å². The maximum atomic E-state index is 11.7. The topological polar surface area (TPSA) is 57.2 Å². The Hall–Kier alpha value is -2.51. The maximum Gasteiger partial charge on any atom is 0.198 e. The number of benzene rings is 3. The van der Waals surface area contributed by atoms with Gasteiger partial charge in [0, 0.05) is 6.42 Å². The van der Waals surface area contributed by atoms with Gasteiger partial charge in [0.2, 0.25) is 0 Å². The van der Waals surface area contributed by atoms with E-state index in [0.717, 1.165) is 16.7 Å². The van der Waals surface area contributed by atoms with Crippen molar-refractivity contribution >= 4 is 11.6 Å². The largest absolute Gasteiger partial charge is 0.374 e. The summed E-state index contributed by atoms with van der Waals surface area (Å²) < 4.78 is 24.7. The predicted molar refractivity (Wildman–Crippen MR) is 140 cm³/mol. The Kier molecular flexibility index (Phi) is 9.70. The molecule has 3 aromatic carbocycles. The van der Waals surface area contributed by atoms with Gasteiger partial charge in [0.25, 0.3) is 0 Å². The number of hydrogen-bond acceptors (Lipinski definition) is 5. The first-order valence-corrected chi connectivity index (χ1v) is 12.6. The van der Waals surface area contributed by atoms with E-state index in [9.17, 15) is 5.11 Å². The van der Waals surface area contributed by atoms with Crippen molar-refractivity contribution in [3.8, 4) is 0 Å². The Morgan fingerprint density at radius 3 is 1.83 bits per heavy atom. The molecule has 0 spiro atoms. The zero-order chi connectivity index (χ0) is 25.2.